The van der Waals surface area contributed by atoms with Gasteiger partial charge < -0.3 is 15.0 Å². The van der Waals surface area contributed by atoms with Crippen molar-refractivity contribution in [2.75, 3.05) is 6.54 Å². The Kier molecular flexibility index (Phi) is 3.59. The van der Waals surface area contributed by atoms with Gasteiger partial charge in [0.2, 0.25) is 5.91 Å². The van der Waals surface area contributed by atoms with Crippen LogP contribution >= 0.6 is 0 Å². The van der Waals surface area contributed by atoms with E-state index in [0.29, 0.717) is 6.54 Å². The van der Waals surface area contributed by atoms with Gasteiger partial charge in [0.05, 0.1) is 18.2 Å². The summed E-state index contributed by atoms with van der Waals surface area (Å²) in [5.41, 5.74) is -0.430. The zero-order chi connectivity index (χ0) is 14.0. The number of nitrogens with zero attached hydrogens (tertiary/aromatic N) is 2. The highest BCUT2D eigenvalue weighted by Crippen LogP contribution is 2.58. The average Bonchev–Trinajstić information content (AvgIpc) is 2.73. The molecule has 19 heavy (non-hydrogen) atoms. The number of hydrogen-bond donors (Lipinski definition) is 2. The Morgan fingerprint density at radius 1 is 1.42 bits per heavy atom. The van der Waals surface area contributed by atoms with Crippen molar-refractivity contribution in [2.24, 2.45) is 17.3 Å². The quantitative estimate of drug-likeness (QED) is 0.743. The van der Waals surface area contributed by atoms with Crippen LogP contribution in [0, 0.1) is 17.3 Å². The first kappa shape index (κ1) is 13.6. The van der Waals surface area contributed by atoms with Crippen LogP contribution in [0.4, 0.5) is 0 Å². The summed E-state index contributed by atoms with van der Waals surface area (Å²) in [6.45, 7) is 4.98. The van der Waals surface area contributed by atoms with Gasteiger partial charge in [-0.2, -0.15) is 0 Å². The molecular formula is C13H19N3O3. The van der Waals surface area contributed by atoms with E-state index in [-0.39, 0.29) is 5.91 Å². The molecule has 0 aliphatic heterocycles. The molecule has 1 aromatic rings. The van der Waals surface area contributed by atoms with Crippen LogP contribution in [-0.2, 0) is 16.1 Å². The fourth-order valence-electron chi connectivity index (χ4n) is 2.59. The third-order valence-electron chi connectivity index (χ3n) is 3.83. The molecule has 0 spiro atoms. The minimum atomic E-state index is -0.886. The number of imidazole rings is 1. The Bertz CT molecular complexity index is 467. The van der Waals surface area contributed by atoms with Crippen LogP contribution in [0.25, 0.3) is 0 Å². The fourth-order valence-corrected chi connectivity index (χ4v) is 2.59. The number of rotatable bonds is 6. The number of carbonyl (C=O) groups is 2. The van der Waals surface area contributed by atoms with E-state index in [1.54, 1.807) is 12.5 Å². The first-order chi connectivity index (χ1) is 8.94. The smallest absolute Gasteiger partial charge is 0.307 e. The van der Waals surface area contributed by atoms with Crippen LogP contribution in [0.3, 0.4) is 0 Å². The maximum absolute atomic E-state index is 11.9. The van der Waals surface area contributed by atoms with Crippen molar-refractivity contribution in [1.82, 2.24) is 14.9 Å². The lowest BCUT2D eigenvalue weighted by molar-refractivity contribution is -0.140. The highest BCUT2D eigenvalue weighted by molar-refractivity contribution is 5.91. The number of aryl methyl sites for hydroxylation is 1. The molecule has 1 aliphatic rings. The molecule has 0 radical (unpaired) electrons. The van der Waals surface area contributed by atoms with Crippen LogP contribution in [0.5, 0.6) is 0 Å². The SMILES string of the molecule is CC1(C)[C@H](C(=O)NCCCn2ccnc2)[C@@H]1C(=O)O. The molecule has 2 rings (SSSR count). The number of aromatic nitrogens is 2. The van der Waals surface area contributed by atoms with Crippen molar-refractivity contribution in [3.05, 3.63) is 18.7 Å². The molecular weight excluding hydrogens is 246 g/mol. The van der Waals surface area contributed by atoms with E-state index in [0.717, 1.165) is 13.0 Å². The van der Waals surface area contributed by atoms with E-state index in [2.05, 4.69) is 10.3 Å². The molecule has 6 nitrogen and oxygen atoms in total. The van der Waals surface area contributed by atoms with E-state index in [9.17, 15) is 9.59 Å². The summed E-state index contributed by atoms with van der Waals surface area (Å²) in [6, 6.07) is 0. The van der Waals surface area contributed by atoms with E-state index < -0.39 is 23.2 Å². The van der Waals surface area contributed by atoms with Crippen LogP contribution < -0.4 is 5.32 Å². The monoisotopic (exact) mass is 265 g/mol. The van der Waals surface area contributed by atoms with E-state index >= 15 is 0 Å². The lowest BCUT2D eigenvalue weighted by Gasteiger charge is -2.06. The first-order valence-electron chi connectivity index (χ1n) is 6.41. The van der Waals surface area contributed by atoms with Crippen molar-refractivity contribution in [3.8, 4) is 0 Å². The largest absolute Gasteiger partial charge is 0.481 e. The van der Waals surface area contributed by atoms with Gasteiger partial charge in [-0.15, -0.1) is 0 Å². The number of amides is 1. The second-order valence-electron chi connectivity index (χ2n) is 5.56. The van der Waals surface area contributed by atoms with Crippen LogP contribution in [-0.4, -0.2) is 33.1 Å². The number of aliphatic carboxylic acids is 1. The van der Waals surface area contributed by atoms with Gasteiger partial charge in [-0.3, -0.25) is 9.59 Å². The van der Waals surface area contributed by atoms with Gasteiger partial charge in [-0.05, 0) is 11.8 Å². The average molecular weight is 265 g/mol. The Morgan fingerprint density at radius 2 is 2.16 bits per heavy atom. The van der Waals surface area contributed by atoms with Crippen molar-refractivity contribution < 1.29 is 14.7 Å². The lowest BCUT2D eigenvalue weighted by Crippen LogP contribution is -2.28. The second-order valence-corrected chi connectivity index (χ2v) is 5.56. The molecule has 1 saturated carbocycles. The highest BCUT2D eigenvalue weighted by atomic mass is 16.4. The van der Waals surface area contributed by atoms with Gasteiger partial charge in [0, 0.05) is 25.5 Å². The van der Waals surface area contributed by atoms with Crippen molar-refractivity contribution in [2.45, 2.75) is 26.8 Å². The van der Waals surface area contributed by atoms with Crippen molar-refractivity contribution >= 4 is 11.9 Å². The molecule has 1 aliphatic carbocycles. The number of hydrogen-bond acceptors (Lipinski definition) is 3. The molecule has 2 N–H and O–H groups in total. The van der Waals surface area contributed by atoms with Crippen LogP contribution in [0.15, 0.2) is 18.7 Å². The number of carboxylic acids is 1. The third-order valence-corrected chi connectivity index (χ3v) is 3.83. The number of carbonyl (C=O) groups excluding carboxylic acids is 1. The summed E-state index contributed by atoms with van der Waals surface area (Å²) in [6.07, 6.45) is 6.11. The summed E-state index contributed by atoms with van der Waals surface area (Å²) < 4.78 is 1.94. The van der Waals surface area contributed by atoms with E-state index in [1.165, 1.54) is 0 Å². The molecule has 0 saturated heterocycles. The van der Waals surface area contributed by atoms with Crippen LogP contribution in [0.2, 0.25) is 0 Å². The number of carboxylic acid groups (broad SMARTS) is 1. The Morgan fingerprint density at radius 3 is 2.68 bits per heavy atom. The molecule has 0 unspecified atom stereocenters. The van der Waals surface area contributed by atoms with Crippen LogP contribution in [0.1, 0.15) is 20.3 Å². The molecule has 0 aromatic carbocycles. The van der Waals surface area contributed by atoms with Crippen molar-refractivity contribution in [1.29, 1.82) is 0 Å². The van der Waals surface area contributed by atoms with E-state index in [4.69, 9.17) is 5.11 Å². The topological polar surface area (TPSA) is 84.2 Å². The molecule has 2 atom stereocenters. The molecule has 104 valence electrons. The maximum atomic E-state index is 11.9. The summed E-state index contributed by atoms with van der Waals surface area (Å²) in [7, 11) is 0. The highest BCUT2D eigenvalue weighted by Gasteiger charge is 2.65. The Hall–Kier alpha value is -1.85. The summed E-state index contributed by atoms with van der Waals surface area (Å²) >= 11 is 0. The van der Waals surface area contributed by atoms with Gasteiger partial charge in [0.15, 0.2) is 0 Å². The van der Waals surface area contributed by atoms with E-state index in [1.807, 2.05) is 24.6 Å². The van der Waals surface area contributed by atoms with Gasteiger partial charge in [-0.1, -0.05) is 13.8 Å². The van der Waals surface area contributed by atoms with Gasteiger partial charge >= 0.3 is 5.97 Å². The Balaban J connectivity index is 1.72. The molecule has 1 amide bonds. The molecule has 1 heterocycles. The van der Waals surface area contributed by atoms with Gasteiger partial charge in [0.25, 0.3) is 0 Å². The van der Waals surface area contributed by atoms with Gasteiger partial charge in [-0.25, -0.2) is 4.98 Å². The Labute approximate surface area is 111 Å². The summed E-state index contributed by atoms with van der Waals surface area (Å²) in [5, 5.41) is 11.8. The standard InChI is InChI=1S/C13H19N3O3/c1-13(2)9(10(13)12(18)19)11(17)15-4-3-6-16-7-5-14-8-16/h5,7-10H,3-4,6H2,1-2H3,(H,15,17)(H,18,19)/t9-,10+/m0/s1. The maximum Gasteiger partial charge on any atom is 0.307 e. The first-order valence-corrected chi connectivity index (χ1v) is 6.41. The molecule has 1 aromatic heterocycles. The summed E-state index contributed by atoms with van der Waals surface area (Å²) in [5.74, 6) is -1.99. The minimum absolute atomic E-state index is 0.150. The zero-order valence-corrected chi connectivity index (χ0v) is 11.2. The zero-order valence-electron chi connectivity index (χ0n) is 11.2. The molecule has 1 fully saturated rings. The van der Waals surface area contributed by atoms with Crippen molar-refractivity contribution in [3.63, 3.8) is 0 Å². The second kappa shape index (κ2) is 5.03. The lowest BCUT2D eigenvalue weighted by atomic mass is 10.1. The van der Waals surface area contributed by atoms with Gasteiger partial charge in [0.1, 0.15) is 0 Å². The predicted molar refractivity (Wildman–Crippen MR) is 68.3 cm³/mol. The fraction of sp³-hybridized carbons (Fsp3) is 0.615. The normalized spacial score (nSPS) is 23.9. The third kappa shape index (κ3) is 2.77. The molecule has 0 bridgehead atoms. The minimum Gasteiger partial charge on any atom is -0.481 e. The summed E-state index contributed by atoms with van der Waals surface area (Å²) in [4.78, 5) is 26.8. The predicted octanol–water partition coefficient (Wildman–Crippen LogP) is 0.746. The number of nitrogens with one attached hydrogen (secondary N) is 1. The molecule has 6 heteroatoms.